The SMILES string of the molecule is O=C(CSc1n[nH]c(C2CC2)n1)NC12CC3CC(CC(C3)C1)C2. The smallest absolute Gasteiger partial charge is 0.230 e. The van der Waals surface area contributed by atoms with Gasteiger partial charge in [-0.1, -0.05) is 11.8 Å². The molecule has 0 saturated heterocycles. The van der Waals surface area contributed by atoms with Gasteiger partial charge in [-0.05, 0) is 69.1 Å². The first-order valence-electron chi connectivity index (χ1n) is 9.03. The van der Waals surface area contributed by atoms with Crippen molar-refractivity contribution >= 4 is 17.7 Å². The average Bonchev–Trinajstić information content (AvgIpc) is 3.22. The molecule has 4 bridgehead atoms. The third-order valence-electron chi connectivity index (χ3n) is 6.22. The van der Waals surface area contributed by atoms with Crippen molar-refractivity contribution in [3.63, 3.8) is 0 Å². The van der Waals surface area contributed by atoms with E-state index in [1.54, 1.807) is 0 Å². The lowest BCUT2D eigenvalue weighted by molar-refractivity contribution is -0.124. The van der Waals surface area contributed by atoms with E-state index in [4.69, 9.17) is 0 Å². The molecule has 1 heterocycles. The molecular weight excluding hydrogens is 308 g/mol. The van der Waals surface area contributed by atoms with Crippen LogP contribution in [-0.2, 0) is 4.79 Å². The number of carbonyl (C=O) groups excluding carboxylic acids is 1. The molecule has 0 radical (unpaired) electrons. The van der Waals surface area contributed by atoms with Gasteiger partial charge in [0.2, 0.25) is 11.1 Å². The molecule has 5 aliphatic rings. The van der Waals surface area contributed by atoms with E-state index in [0.29, 0.717) is 16.8 Å². The summed E-state index contributed by atoms with van der Waals surface area (Å²) in [6, 6.07) is 0. The van der Waals surface area contributed by atoms with Gasteiger partial charge in [0.25, 0.3) is 0 Å². The molecule has 5 nitrogen and oxygen atoms in total. The molecule has 23 heavy (non-hydrogen) atoms. The second kappa shape index (κ2) is 5.23. The van der Waals surface area contributed by atoms with Crippen LogP contribution in [0.15, 0.2) is 5.16 Å². The number of H-pyrrole nitrogens is 1. The average molecular weight is 332 g/mol. The number of amides is 1. The third kappa shape index (κ3) is 2.79. The van der Waals surface area contributed by atoms with Gasteiger partial charge in [-0.15, -0.1) is 5.10 Å². The fourth-order valence-corrected chi connectivity index (χ4v) is 6.19. The van der Waals surface area contributed by atoms with Crippen LogP contribution in [0.3, 0.4) is 0 Å². The number of nitrogens with zero attached hydrogens (tertiary/aromatic N) is 2. The van der Waals surface area contributed by atoms with Crippen LogP contribution in [-0.4, -0.2) is 32.4 Å². The lowest BCUT2D eigenvalue weighted by atomic mass is 9.53. The van der Waals surface area contributed by atoms with Gasteiger partial charge in [-0.25, -0.2) is 4.98 Å². The second-order valence-corrected chi connectivity index (χ2v) is 9.25. The van der Waals surface area contributed by atoms with Crippen LogP contribution in [0.25, 0.3) is 0 Å². The predicted octanol–water partition coefficient (Wildman–Crippen LogP) is 2.86. The lowest BCUT2D eigenvalue weighted by Gasteiger charge is -2.56. The Morgan fingerprint density at radius 1 is 1.17 bits per heavy atom. The molecule has 6 heteroatoms. The predicted molar refractivity (Wildman–Crippen MR) is 88.1 cm³/mol. The van der Waals surface area contributed by atoms with E-state index in [9.17, 15) is 4.79 Å². The summed E-state index contributed by atoms with van der Waals surface area (Å²) in [5.74, 6) is 4.76. The van der Waals surface area contributed by atoms with Crippen molar-refractivity contribution < 1.29 is 4.79 Å². The van der Waals surface area contributed by atoms with E-state index in [-0.39, 0.29) is 11.4 Å². The van der Waals surface area contributed by atoms with Crippen molar-refractivity contribution in [2.45, 2.75) is 68.0 Å². The van der Waals surface area contributed by atoms with Gasteiger partial charge in [0.05, 0.1) is 5.75 Å². The minimum Gasteiger partial charge on any atom is -0.350 e. The summed E-state index contributed by atoms with van der Waals surface area (Å²) in [7, 11) is 0. The van der Waals surface area contributed by atoms with Gasteiger partial charge in [-0.3, -0.25) is 9.89 Å². The molecule has 0 aliphatic heterocycles. The largest absolute Gasteiger partial charge is 0.350 e. The zero-order valence-corrected chi connectivity index (χ0v) is 14.2. The monoisotopic (exact) mass is 332 g/mol. The third-order valence-corrected chi connectivity index (χ3v) is 7.07. The summed E-state index contributed by atoms with van der Waals surface area (Å²) >= 11 is 1.46. The highest BCUT2D eigenvalue weighted by atomic mass is 32.2. The highest BCUT2D eigenvalue weighted by molar-refractivity contribution is 7.99. The Bertz CT molecular complexity index is 589. The molecule has 0 spiro atoms. The fourth-order valence-electron chi connectivity index (χ4n) is 5.59. The van der Waals surface area contributed by atoms with Gasteiger partial charge in [0.15, 0.2) is 0 Å². The van der Waals surface area contributed by atoms with Crippen molar-refractivity contribution in [3.05, 3.63) is 5.82 Å². The molecule has 1 aromatic heterocycles. The molecular formula is C17H24N4OS. The number of aromatic nitrogens is 3. The molecule has 0 unspecified atom stereocenters. The Balaban J connectivity index is 1.18. The number of carbonyl (C=O) groups is 1. The van der Waals surface area contributed by atoms with Crippen molar-refractivity contribution in [1.82, 2.24) is 20.5 Å². The van der Waals surface area contributed by atoms with E-state index in [2.05, 4.69) is 20.5 Å². The van der Waals surface area contributed by atoms with Crippen molar-refractivity contribution in [1.29, 1.82) is 0 Å². The first-order chi connectivity index (χ1) is 11.2. The molecule has 5 aliphatic carbocycles. The van der Waals surface area contributed by atoms with Gasteiger partial charge in [-0.2, -0.15) is 0 Å². The van der Waals surface area contributed by atoms with Crippen LogP contribution < -0.4 is 5.32 Å². The van der Waals surface area contributed by atoms with Gasteiger partial charge >= 0.3 is 0 Å². The van der Waals surface area contributed by atoms with E-state index < -0.39 is 0 Å². The fraction of sp³-hybridized carbons (Fsp3) is 0.824. The zero-order chi connectivity index (χ0) is 15.4. The van der Waals surface area contributed by atoms with E-state index in [1.165, 1.54) is 63.1 Å². The number of nitrogens with one attached hydrogen (secondary N) is 2. The summed E-state index contributed by atoms with van der Waals surface area (Å²) in [6.07, 6.45) is 10.3. The Morgan fingerprint density at radius 2 is 1.83 bits per heavy atom. The topological polar surface area (TPSA) is 70.7 Å². The second-order valence-electron chi connectivity index (χ2n) is 8.31. The minimum absolute atomic E-state index is 0.116. The first-order valence-corrected chi connectivity index (χ1v) is 10.0. The van der Waals surface area contributed by atoms with E-state index in [1.807, 2.05) is 0 Å². The number of aromatic amines is 1. The van der Waals surface area contributed by atoms with Gasteiger partial charge < -0.3 is 5.32 Å². The lowest BCUT2D eigenvalue weighted by Crippen LogP contribution is -2.60. The van der Waals surface area contributed by atoms with Crippen LogP contribution in [0.5, 0.6) is 0 Å². The number of thioether (sulfide) groups is 1. The van der Waals surface area contributed by atoms with Crippen molar-refractivity contribution in [2.24, 2.45) is 17.8 Å². The maximum Gasteiger partial charge on any atom is 0.230 e. The Hall–Kier alpha value is -1.04. The standard InChI is InChI=1S/C17H24N4OS/c22-14(9-23-16-18-15(20-21-16)13-1-2-13)19-17-6-10-3-11(7-17)5-12(4-10)8-17/h10-13H,1-9H2,(H,19,22)(H,18,20,21). The van der Waals surface area contributed by atoms with Crippen LogP contribution in [0, 0.1) is 17.8 Å². The summed E-state index contributed by atoms with van der Waals surface area (Å²) in [5, 5.41) is 11.4. The molecule has 124 valence electrons. The van der Waals surface area contributed by atoms with Gasteiger partial charge in [0.1, 0.15) is 5.82 Å². The minimum atomic E-state index is 0.116. The van der Waals surface area contributed by atoms with Crippen LogP contribution in [0.4, 0.5) is 0 Å². The molecule has 0 atom stereocenters. The normalized spacial score (nSPS) is 38.0. The molecule has 6 rings (SSSR count). The molecule has 0 aromatic carbocycles. The first kappa shape index (κ1) is 14.3. The number of hydrogen-bond donors (Lipinski definition) is 2. The summed E-state index contributed by atoms with van der Waals surface area (Å²) in [6.45, 7) is 0. The Morgan fingerprint density at radius 3 is 2.43 bits per heavy atom. The number of rotatable bonds is 5. The molecule has 1 amide bonds. The van der Waals surface area contributed by atoms with Crippen LogP contribution in [0.1, 0.15) is 63.1 Å². The maximum absolute atomic E-state index is 12.5. The van der Waals surface area contributed by atoms with Crippen molar-refractivity contribution in [3.8, 4) is 0 Å². The van der Waals surface area contributed by atoms with Crippen LogP contribution >= 0.6 is 11.8 Å². The van der Waals surface area contributed by atoms with Gasteiger partial charge in [0, 0.05) is 11.5 Å². The quantitative estimate of drug-likeness (QED) is 0.814. The van der Waals surface area contributed by atoms with Crippen molar-refractivity contribution in [2.75, 3.05) is 5.75 Å². The molecule has 1 aromatic rings. The summed E-state index contributed by atoms with van der Waals surface area (Å²) in [5.41, 5.74) is 0.116. The molecule has 5 fully saturated rings. The van der Waals surface area contributed by atoms with Crippen LogP contribution in [0.2, 0.25) is 0 Å². The maximum atomic E-state index is 12.5. The highest BCUT2D eigenvalue weighted by Crippen LogP contribution is 2.55. The zero-order valence-electron chi connectivity index (χ0n) is 13.4. The summed E-state index contributed by atoms with van der Waals surface area (Å²) < 4.78 is 0. The molecule has 5 saturated carbocycles. The van der Waals surface area contributed by atoms with E-state index >= 15 is 0 Å². The van der Waals surface area contributed by atoms with E-state index in [0.717, 1.165) is 23.6 Å². The molecule has 2 N–H and O–H groups in total. The summed E-state index contributed by atoms with van der Waals surface area (Å²) in [4.78, 5) is 16.9. The highest BCUT2D eigenvalue weighted by Gasteiger charge is 2.51. The number of hydrogen-bond acceptors (Lipinski definition) is 4. The Kier molecular flexibility index (Phi) is 3.25. The Labute approximate surface area is 140 Å².